The van der Waals surface area contributed by atoms with Crippen molar-refractivity contribution in [2.75, 3.05) is 79.5 Å². The highest BCUT2D eigenvalue weighted by Gasteiger charge is 2.49. The molecule has 2 aliphatic rings. The molecule has 0 amide bonds. The van der Waals surface area contributed by atoms with E-state index in [1.807, 2.05) is 31.2 Å². The summed E-state index contributed by atoms with van der Waals surface area (Å²) >= 11 is 0. The largest absolute Gasteiger partial charge is 0.497 e. The predicted molar refractivity (Wildman–Crippen MR) is 166 cm³/mol. The van der Waals surface area contributed by atoms with E-state index >= 15 is 0 Å². The van der Waals surface area contributed by atoms with Gasteiger partial charge in [-0.3, -0.25) is 4.90 Å². The van der Waals surface area contributed by atoms with Gasteiger partial charge < -0.3 is 23.8 Å². The van der Waals surface area contributed by atoms with Crippen molar-refractivity contribution in [3.05, 3.63) is 53.6 Å². The number of sulfone groups is 1. The van der Waals surface area contributed by atoms with Crippen molar-refractivity contribution < 1.29 is 32.2 Å². The molecule has 234 valence electrons. The van der Waals surface area contributed by atoms with Crippen LogP contribution in [-0.2, 0) is 14.6 Å². The molecule has 0 aliphatic carbocycles. The summed E-state index contributed by atoms with van der Waals surface area (Å²) in [5, 5.41) is 12.0. The summed E-state index contributed by atoms with van der Waals surface area (Å²) in [6.45, 7) is 11.3. The Bertz CT molecular complexity index is 1260. The Hall–Kier alpha value is -2.17. The van der Waals surface area contributed by atoms with Gasteiger partial charge >= 0.3 is 0 Å². The third-order valence-electron chi connectivity index (χ3n) is 9.37. The van der Waals surface area contributed by atoms with Crippen molar-refractivity contribution in [2.24, 2.45) is 5.41 Å². The van der Waals surface area contributed by atoms with Crippen molar-refractivity contribution in [1.82, 2.24) is 4.90 Å². The van der Waals surface area contributed by atoms with Crippen LogP contribution in [0.4, 0.5) is 0 Å². The number of hydrogen-bond donors (Lipinski definition) is 1. The molecular weight excluding hydrogens is 552 g/mol. The molecule has 2 unspecified atom stereocenters. The third kappa shape index (κ3) is 7.66. The second-order valence-electron chi connectivity index (χ2n) is 12.7. The molecule has 2 aliphatic heterocycles. The first-order chi connectivity index (χ1) is 20.0. The highest BCUT2D eigenvalue weighted by molar-refractivity contribution is 7.91. The minimum atomic E-state index is -3.66. The number of nitrogens with zero attached hydrogens (tertiary/aromatic N) is 2. The highest BCUT2D eigenvalue weighted by Crippen LogP contribution is 2.49. The molecule has 9 heteroatoms. The Kier molecular flexibility index (Phi) is 11.0. The number of hydrogen-bond acceptors (Lipinski definition) is 7. The smallest absolute Gasteiger partial charge is 0.179 e. The molecule has 8 nitrogen and oxygen atoms in total. The first-order valence-corrected chi connectivity index (χ1v) is 17.1. The molecule has 2 heterocycles. The lowest BCUT2D eigenvalue weighted by molar-refractivity contribution is -0.894. The van der Waals surface area contributed by atoms with Crippen LogP contribution in [0.5, 0.6) is 11.5 Å². The normalized spacial score (nSPS) is 25.4. The number of rotatable bonds is 13. The Morgan fingerprint density at radius 3 is 2.33 bits per heavy atom. The monoisotopic (exact) mass is 603 g/mol. The Balaban J connectivity index is 1.45. The van der Waals surface area contributed by atoms with E-state index in [0.29, 0.717) is 44.0 Å². The Morgan fingerprint density at radius 2 is 1.69 bits per heavy atom. The minimum Gasteiger partial charge on any atom is -0.497 e. The number of unbranched alkanes of at least 4 members (excludes halogenated alkanes) is 1. The number of ether oxygens (including phenoxy) is 3. The molecule has 0 saturated carbocycles. The number of likely N-dealkylation sites (N-methyl/N-ethyl adjacent to an activating group) is 1. The van der Waals surface area contributed by atoms with Gasteiger partial charge in [-0.1, -0.05) is 44.9 Å². The fraction of sp³-hybridized carbons (Fsp3) is 0.636. The molecule has 2 aromatic carbocycles. The lowest BCUT2D eigenvalue weighted by atomic mass is 9.69. The zero-order valence-electron chi connectivity index (χ0n) is 26.2. The molecule has 2 aromatic rings. The van der Waals surface area contributed by atoms with E-state index in [1.54, 1.807) is 18.2 Å². The standard InChI is InChI=1S/C33H51N2O6S/c1-6-8-15-33(7-2)25-42(37,38)30-24-28(39-5)13-14-29(30)31(32(33)36)26-9-11-27(12-10-26)41-23-22-40-21-18-34-16-19-35(3,4)20-17-34/h9-14,24,31-32,36H,6-8,15-23,25H2,1-5H3/q+1/t31-,32?,33?/m1/s1. The maximum Gasteiger partial charge on any atom is 0.179 e. The fourth-order valence-corrected chi connectivity index (χ4v) is 8.67. The Morgan fingerprint density at radius 1 is 1.00 bits per heavy atom. The van der Waals surface area contributed by atoms with Crippen LogP contribution in [0.1, 0.15) is 56.6 Å². The summed E-state index contributed by atoms with van der Waals surface area (Å²) in [7, 11) is 2.44. The van der Waals surface area contributed by atoms with E-state index in [-0.39, 0.29) is 10.6 Å². The number of fused-ring (bicyclic) bond motifs is 1. The minimum absolute atomic E-state index is 0.0789. The van der Waals surface area contributed by atoms with Gasteiger partial charge in [0.05, 0.1) is 64.3 Å². The van der Waals surface area contributed by atoms with Gasteiger partial charge in [-0.15, -0.1) is 0 Å². The van der Waals surface area contributed by atoms with Crippen LogP contribution < -0.4 is 9.47 Å². The van der Waals surface area contributed by atoms with E-state index in [0.717, 1.165) is 48.3 Å². The van der Waals surface area contributed by atoms with E-state index in [4.69, 9.17) is 14.2 Å². The number of piperazine rings is 1. The number of aliphatic hydroxyl groups is 1. The molecule has 1 fully saturated rings. The van der Waals surface area contributed by atoms with Crippen LogP contribution in [0.15, 0.2) is 47.4 Å². The first kappa shape index (κ1) is 32.7. The molecule has 42 heavy (non-hydrogen) atoms. The quantitative estimate of drug-likeness (QED) is 0.269. The maximum atomic E-state index is 13.8. The van der Waals surface area contributed by atoms with Gasteiger partial charge in [0.25, 0.3) is 0 Å². The van der Waals surface area contributed by atoms with Crippen LogP contribution in [0.25, 0.3) is 0 Å². The maximum absolute atomic E-state index is 13.8. The van der Waals surface area contributed by atoms with Crippen molar-refractivity contribution >= 4 is 9.84 Å². The SMILES string of the molecule is CCCCC1(CC)CS(=O)(=O)c2cc(OC)ccc2[C@@H](c2ccc(OCCOCCN3CC[N+](C)(C)CC3)cc2)C1O. The van der Waals surface area contributed by atoms with E-state index in [1.165, 1.54) is 20.2 Å². The van der Waals surface area contributed by atoms with Gasteiger partial charge in [-0.05, 0) is 48.2 Å². The van der Waals surface area contributed by atoms with E-state index in [9.17, 15) is 13.5 Å². The van der Waals surface area contributed by atoms with Crippen LogP contribution in [0, 0.1) is 5.41 Å². The number of benzene rings is 2. The molecule has 3 atom stereocenters. The number of aliphatic hydroxyl groups excluding tert-OH is 1. The topological polar surface area (TPSA) is 85.3 Å². The summed E-state index contributed by atoms with van der Waals surface area (Å²) in [4.78, 5) is 2.71. The number of quaternary nitrogens is 1. The lowest BCUT2D eigenvalue weighted by Gasteiger charge is -2.39. The molecule has 0 spiro atoms. The van der Waals surface area contributed by atoms with Crippen LogP contribution in [-0.4, -0.2) is 109 Å². The second kappa shape index (κ2) is 14.1. The lowest BCUT2D eigenvalue weighted by Crippen LogP contribution is -2.55. The highest BCUT2D eigenvalue weighted by atomic mass is 32.2. The van der Waals surface area contributed by atoms with Crippen LogP contribution in [0.2, 0.25) is 0 Å². The van der Waals surface area contributed by atoms with Gasteiger partial charge in [0.1, 0.15) is 18.1 Å². The second-order valence-corrected chi connectivity index (χ2v) is 14.6. The number of methoxy groups -OCH3 is 1. The summed E-state index contributed by atoms with van der Waals surface area (Å²) in [6, 6.07) is 12.9. The molecule has 0 radical (unpaired) electrons. The fourth-order valence-electron chi connectivity index (χ4n) is 6.39. The first-order valence-electron chi connectivity index (χ1n) is 15.5. The molecule has 1 N–H and O–H groups in total. The summed E-state index contributed by atoms with van der Waals surface area (Å²) in [6.07, 6.45) is 2.16. The van der Waals surface area contributed by atoms with Crippen LogP contribution >= 0.6 is 0 Å². The van der Waals surface area contributed by atoms with E-state index < -0.39 is 27.3 Å². The molecular formula is C33H51N2O6S+. The van der Waals surface area contributed by atoms with Crippen molar-refractivity contribution in [3.8, 4) is 11.5 Å². The van der Waals surface area contributed by atoms with Crippen molar-refractivity contribution in [3.63, 3.8) is 0 Å². The van der Waals surface area contributed by atoms with Crippen molar-refractivity contribution in [2.45, 2.75) is 56.4 Å². The summed E-state index contributed by atoms with van der Waals surface area (Å²) in [5.41, 5.74) is 0.739. The molecule has 0 aromatic heterocycles. The van der Waals surface area contributed by atoms with Gasteiger partial charge in [-0.25, -0.2) is 8.42 Å². The van der Waals surface area contributed by atoms with Gasteiger partial charge in [0, 0.05) is 31.0 Å². The third-order valence-corrected chi connectivity index (χ3v) is 11.4. The van der Waals surface area contributed by atoms with Crippen molar-refractivity contribution in [1.29, 1.82) is 0 Å². The van der Waals surface area contributed by atoms with E-state index in [2.05, 4.69) is 25.9 Å². The molecule has 1 saturated heterocycles. The van der Waals surface area contributed by atoms with Gasteiger partial charge in [0.2, 0.25) is 0 Å². The van der Waals surface area contributed by atoms with Gasteiger partial charge in [-0.2, -0.15) is 0 Å². The predicted octanol–water partition coefficient (Wildman–Crippen LogP) is 4.35. The average molecular weight is 604 g/mol. The zero-order valence-corrected chi connectivity index (χ0v) is 27.0. The Labute approximate surface area is 253 Å². The molecule has 4 rings (SSSR count). The summed E-state index contributed by atoms with van der Waals surface area (Å²) < 4.78 is 45.8. The van der Waals surface area contributed by atoms with Gasteiger partial charge in [0.15, 0.2) is 9.84 Å². The van der Waals surface area contributed by atoms with Crippen LogP contribution in [0.3, 0.4) is 0 Å². The average Bonchev–Trinajstić information content (AvgIpc) is 3.05. The zero-order chi connectivity index (χ0) is 30.4. The molecule has 0 bridgehead atoms. The summed E-state index contributed by atoms with van der Waals surface area (Å²) in [5.74, 6) is 0.645.